The average Bonchev–Trinajstić information content (AvgIpc) is 3.00. The van der Waals surface area contributed by atoms with Crippen LogP contribution in [-0.2, 0) is 9.53 Å². The highest BCUT2D eigenvalue weighted by Crippen LogP contribution is 2.19. The number of methoxy groups -OCH3 is 1. The van der Waals surface area contributed by atoms with Crippen molar-refractivity contribution in [3.8, 4) is 0 Å². The molecule has 1 atom stereocenters. The largest absolute Gasteiger partial charge is 0.467 e. The lowest BCUT2D eigenvalue weighted by atomic mass is 10.1. The second-order valence-corrected chi connectivity index (χ2v) is 4.46. The first kappa shape index (κ1) is 13.1. The van der Waals surface area contributed by atoms with Crippen LogP contribution in [0.2, 0.25) is 0 Å². The maximum absolute atomic E-state index is 12.0. The van der Waals surface area contributed by atoms with Crippen LogP contribution in [0.3, 0.4) is 0 Å². The first-order valence-corrected chi connectivity index (χ1v) is 6.47. The topological polar surface area (TPSA) is 68.5 Å². The van der Waals surface area contributed by atoms with Crippen LogP contribution in [0.4, 0.5) is 5.82 Å². The van der Waals surface area contributed by atoms with Crippen LogP contribution in [0.1, 0.15) is 11.6 Å². The first-order chi connectivity index (χ1) is 10.3. The molecule has 2 heterocycles. The van der Waals surface area contributed by atoms with Crippen molar-refractivity contribution < 1.29 is 9.53 Å². The molecule has 0 aliphatic carbocycles. The summed E-state index contributed by atoms with van der Waals surface area (Å²) in [7, 11) is 1.37. The monoisotopic (exact) mass is 282 g/mol. The standard InChI is InChI=1S/C15H14N4O2/c1-21-15(20)14(11-5-3-2-4-6-11)18-12-8-10-19-13(17-12)7-9-16-19/h2-10,14H,1H3,(H,17,18). The molecular formula is C15H14N4O2. The van der Waals surface area contributed by atoms with Gasteiger partial charge in [0.2, 0.25) is 0 Å². The van der Waals surface area contributed by atoms with Crippen molar-refractivity contribution in [3.63, 3.8) is 0 Å². The molecule has 6 heteroatoms. The summed E-state index contributed by atoms with van der Waals surface area (Å²) in [5.41, 5.74) is 1.52. The number of nitrogens with one attached hydrogen (secondary N) is 1. The lowest BCUT2D eigenvalue weighted by molar-refractivity contribution is -0.141. The maximum atomic E-state index is 12.0. The Morgan fingerprint density at radius 3 is 2.81 bits per heavy atom. The smallest absolute Gasteiger partial charge is 0.333 e. The van der Waals surface area contributed by atoms with E-state index in [0.29, 0.717) is 11.5 Å². The molecular weight excluding hydrogens is 268 g/mol. The van der Waals surface area contributed by atoms with Gasteiger partial charge < -0.3 is 10.1 Å². The van der Waals surface area contributed by atoms with E-state index in [4.69, 9.17) is 4.74 Å². The van der Waals surface area contributed by atoms with Gasteiger partial charge in [-0.05, 0) is 11.6 Å². The van der Waals surface area contributed by atoms with Crippen molar-refractivity contribution >= 4 is 17.4 Å². The van der Waals surface area contributed by atoms with E-state index in [1.165, 1.54) is 7.11 Å². The van der Waals surface area contributed by atoms with Crippen molar-refractivity contribution in [1.29, 1.82) is 0 Å². The van der Waals surface area contributed by atoms with Gasteiger partial charge in [0.1, 0.15) is 5.82 Å². The Morgan fingerprint density at radius 1 is 1.24 bits per heavy atom. The lowest BCUT2D eigenvalue weighted by Gasteiger charge is -2.17. The van der Waals surface area contributed by atoms with Gasteiger partial charge in [-0.15, -0.1) is 0 Å². The summed E-state index contributed by atoms with van der Waals surface area (Å²) < 4.78 is 6.52. The summed E-state index contributed by atoms with van der Waals surface area (Å²) in [6, 6.07) is 12.3. The molecule has 0 radical (unpaired) electrons. The third kappa shape index (κ3) is 2.69. The summed E-state index contributed by atoms with van der Waals surface area (Å²) in [5, 5.41) is 7.18. The molecule has 0 saturated heterocycles. The summed E-state index contributed by atoms with van der Waals surface area (Å²) in [5.74, 6) is 0.221. The molecule has 0 fully saturated rings. The van der Waals surface area contributed by atoms with Gasteiger partial charge in [-0.25, -0.2) is 14.3 Å². The molecule has 1 aromatic carbocycles. The number of fused-ring (bicyclic) bond motifs is 1. The van der Waals surface area contributed by atoms with Gasteiger partial charge in [0, 0.05) is 12.3 Å². The van der Waals surface area contributed by atoms with E-state index in [2.05, 4.69) is 15.4 Å². The SMILES string of the molecule is COC(=O)C(Nc1ccn2nccc2n1)c1ccccc1. The molecule has 0 aliphatic rings. The van der Waals surface area contributed by atoms with Gasteiger partial charge in [-0.1, -0.05) is 30.3 Å². The third-order valence-electron chi connectivity index (χ3n) is 3.12. The van der Waals surface area contributed by atoms with E-state index in [1.807, 2.05) is 30.3 Å². The van der Waals surface area contributed by atoms with Crippen molar-refractivity contribution in [2.75, 3.05) is 12.4 Å². The average molecular weight is 282 g/mol. The Morgan fingerprint density at radius 2 is 2.05 bits per heavy atom. The molecule has 1 unspecified atom stereocenters. The van der Waals surface area contributed by atoms with Crippen LogP contribution in [0.15, 0.2) is 54.9 Å². The molecule has 0 bridgehead atoms. The van der Waals surface area contributed by atoms with Gasteiger partial charge >= 0.3 is 5.97 Å². The third-order valence-corrected chi connectivity index (χ3v) is 3.12. The van der Waals surface area contributed by atoms with Gasteiger partial charge in [-0.3, -0.25) is 0 Å². The number of rotatable bonds is 4. The highest BCUT2D eigenvalue weighted by atomic mass is 16.5. The normalized spacial score (nSPS) is 12.0. The molecule has 21 heavy (non-hydrogen) atoms. The molecule has 0 spiro atoms. The number of benzene rings is 1. The molecule has 2 aromatic heterocycles. The Bertz CT molecular complexity index is 754. The Kier molecular flexibility index (Phi) is 3.51. The van der Waals surface area contributed by atoms with E-state index < -0.39 is 6.04 Å². The molecule has 0 saturated carbocycles. The predicted octanol–water partition coefficient (Wildman–Crippen LogP) is 2.06. The second kappa shape index (κ2) is 5.62. The second-order valence-electron chi connectivity index (χ2n) is 4.46. The molecule has 0 amide bonds. The zero-order valence-electron chi connectivity index (χ0n) is 11.4. The number of nitrogens with zero attached hydrogens (tertiary/aromatic N) is 3. The molecule has 106 valence electrons. The van der Waals surface area contributed by atoms with Crippen LogP contribution in [0.25, 0.3) is 5.65 Å². The number of ether oxygens (including phenoxy) is 1. The fourth-order valence-corrected chi connectivity index (χ4v) is 2.08. The maximum Gasteiger partial charge on any atom is 0.333 e. The highest BCUT2D eigenvalue weighted by Gasteiger charge is 2.21. The summed E-state index contributed by atoms with van der Waals surface area (Å²) in [6.45, 7) is 0. The molecule has 3 rings (SSSR count). The highest BCUT2D eigenvalue weighted by molar-refractivity contribution is 5.80. The van der Waals surface area contributed by atoms with Crippen molar-refractivity contribution in [2.45, 2.75) is 6.04 Å². The predicted molar refractivity (Wildman–Crippen MR) is 77.8 cm³/mol. The summed E-state index contributed by atoms with van der Waals surface area (Å²) in [4.78, 5) is 16.4. The van der Waals surface area contributed by atoms with Gasteiger partial charge in [0.25, 0.3) is 0 Å². The van der Waals surface area contributed by atoms with Crippen molar-refractivity contribution in [1.82, 2.24) is 14.6 Å². The Labute approximate surface area is 121 Å². The van der Waals surface area contributed by atoms with Gasteiger partial charge in [-0.2, -0.15) is 5.10 Å². The quantitative estimate of drug-likeness (QED) is 0.742. The number of hydrogen-bond donors (Lipinski definition) is 1. The number of esters is 1. The van der Waals surface area contributed by atoms with E-state index in [1.54, 1.807) is 29.0 Å². The number of carbonyl (C=O) groups excluding carboxylic acids is 1. The number of hydrogen-bond acceptors (Lipinski definition) is 5. The first-order valence-electron chi connectivity index (χ1n) is 6.47. The van der Waals surface area contributed by atoms with E-state index in [0.717, 1.165) is 5.56 Å². The summed E-state index contributed by atoms with van der Waals surface area (Å²) >= 11 is 0. The van der Waals surface area contributed by atoms with Crippen molar-refractivity contribution in [2.24, 2.45) is 0 Å². The van der Waals surface area contributed by atoms with E-state index >= 15 is 0 Å². The van der Waals surface area contributed by atoms with Crippen molar-refractivity contribution in [3.05, 3.63) is 60.4 Å². The number of aromatic nitrogens is 3. The summed E-state index contributed by atoms with van der Waals surface area (Å²) in [6.07, 6.45) is 3.45. The molecule has 1 N–H and O–H groups in total. The minimum atomic E-state index is -0.603. The van der Waals surface area contributed by atoms with Crippen LogP contribution in [0, 0.1) is 0 Å². The lowest BCUT2D eigenvalue weighted by Crippen LogP contribution is -2.22. The van der Waals surface area contributed by atoms with E-state index in [9.17, 15) is 4.79 Å². The fourth-order valence-electron chi connectivity index (χ4n) is 2.08. The van der Waals surface area contributed by atoms with Crippen LogP contribution >= 0.6 is 0 Å². The minimum Gasteiger partial charge on any atom is -0.467 e. The van der Waals surface area contributed by atoms with Crippen LogP contribution in [0.5, 0.6) is 0 Å². The van der Waals surface area contributed by atoms with E-state index in [-0.39, 0.29) is 5.97 Å². The zero-order chi connectivity index (χ0) is 14.7. The molecule has 0 aliphatic heterocycles. The van der Waals surface area contributed by atoms with Crippen LogP contribution < -0.4 is 5.32 Å². The fraction of sp³-hybridized carbons (Fsp3) is 0.133. The Hall–Kier alpha value is -2.89. The van der Waals surface area contributed by atoms with Crippen LogP contribution in [-0.4, -0.2) is 27.7 Å². The molecule has 3 aromatic rings. The zero-order valence-corrected chi connectivity index (χ0v) is 11.4. The minimum absolute atomic E-state index is 0.364. The number of carbonyl (C=O) groups is 1. The van der Waals surface area contributed by atoms with Gasteiger partial charge in [0.05, 0.1) is 13.3 Å². The van der Waals surface area contributed by atoms with Gasteiger partial charge in [0.15, 0.2) is 11.7 Å². The number of anilines is 1. The Balaban J connectivity index is 1.92. The molecule has 6 nitrogen and oxygen atoms in total.